The molecule has 18 heavy (non-hydrogen) atoms. The van der Waals surface area contributed by atoms with Gasteiger partial charge in [-0.15, -0.1) is 0 Å². The summed E-state index contributed by atoms with van der Waals surface area (Å²) in [7, 11) is 0. The summed E-state index contributed by atoms with van der Waals surface area (Å²) in [6, 6.07) is 9.74. The van der Waals surface area contributed by atoms with Crippen LogP contribution in [0, 0.1) is 12.3 Å². The predicted octanol–water partition coefficient (Wildman–Crippen LogP) is 2.56. The highest BCUT2D eigenvalue weighted by Crippen LogP contribution is 2.19. The summed E-state index contributed by atoms with van der Waals surface area (Å²) in [5.41, 5.74) is 7.46. The quantitative estimate of drug-likeness (QED) is 0.657. The van der Waals surface area contributed by atoms with Crippen LogP contribution in [0.4, 0.5) is 0 Å². The van der Waals surface area contributed by atoms with Crippen LogP contribution in [0.15, 0.2) is 36.5 Å². The van der Waals surface area contributed by atoms with E-state index >= 15 is 0 Å². The molecule has 0 bridgehead atoms. The molecule has 0 aliphatic heterocycles. The number of amidine groups is 1. The fourth-order valence-electron chi connectivity index (χ4n) is 1.84. The SMILES string of the molecule is Cc1nn(CC(C(=N)N)c2ccccc2)cc1Cl. The molecule has 0 aliphatic carbocycles. The van der Waals surface area contributed by atoms with E-state index in [2.05, 4.69) is 5.10 Å². The molecule has 1 atom stereocenters. The van der Waals surface area contributed by atoms with Gasteiger partial charge in [-0.25, -0.2) is 0 Å². The smallest absolute Gasteiger partial charge is 0.100 e. The fraction of sp³-hybridized carbons (Fsp3) is 0.231. The Labute approximate surface area is 111 Å². The summed E-state index contributed by atoms with van der Waals surface area (Å²) in [6.45, 7) is 2.37. The van der Waals surface area contributed by atoms with E-state index in [1.54, 1.807) is 10.9 Å². The highest BCUT2D eigenvalue weighted by molar-refractivity contribution is 6.31. The molecule has 94 valence electrons. The minimum absolute atomic E-state index is 0.130. The minimum Gasteiger partial charge on any atom is -0.387 e. The highest BCUT2D eigenvalue weighted by atomic mass is 35.5. The third kappa shape index (κ3) is 2.71. The van der Waals surface area contributed by atoms with Crippen molar-refractivity contribution in [1.82, 2.24) is 9.78 Å². The van der Waals surface area contributed by atoms with Crippen molar-refractivity contribution >= 4 is 17.4 Å². The maximum absolute atomic E-state index is 7.70. The zero-order valence-electron chi connectivity index (χ0n) is 10.1. The second kappa shape index (κ2) is 5.23. The van der Waals surface area contributed by atoms with Gasteiger partial charge in [0.2, 0.25) is 0 Å². The number of nitrogens with two attached hydrogens (primary N) is 1. The van der Waals surface area contributed by atoms with Gasteiger partial charge in [-0.05, 0) is 12.5 Å². The summed E-state index contributed by atoms with van der Waals surface area (Å²) in [5.74, 6) is -0.0490. The van der Waals surface area contributed by atoms with Crippen LogP contribution in [0.5, 0.6) is 0 Å². The molecule has 1 aromatic carbocycles. The van der Waals surface area contributed by atoms with Gasteiger partial charge in [0, 0.05) is 6.20 Å². The van der Waals surface area contributed by atoms with Crippen molar-refractivity contribution in [2.75, 3.05) is 0 Å². The number of rotatable bonds is 4. The van der Waals surface area contributed by atoms with Crippen LogP contribution in [0.2, 0.25) is 5.02 Å². The van der Waals surface area contributed by atoms with Crippen LogP contribution in [-0.2, 0) is 6.54 Å². The molecule has 0 radical (unpaired) electrons. The van der Waals surface area contributed by atoms with Crippen LogP contribution in [0.1, 0.15) is 17.2 Å². The number of aryl methyl sites for hydroxylation is 1. The van der Waals surface area contributed by atoms with Crippen LogP contribution in [0.3, 0.4) is 0 Å². The summed E-state index contributed by atoms with van der Waals surface area (Å²) in [6.07, 6.45) is 1.76. The maximum atomic E-state index is 7.70. The molecule has 0 saturated heterocycles. The van der Waals surface area contributed by atoms with E-state index < -0.39 is 0 Å². The van der Waals surface area contributed by atoms with Crippen LogP contribution >= 0.6 is 11.6 Å². The second-order valence-electron chi connectivity index (χ2n) is 4.20. The zero-order chi connectivity index (χ0) is 13.1. The largest absolute Gasteiger partial charge is 0.387 e. The predicted molar refractivity (Wildman–Crippen MR) is 73.1 cm³/mol. The Morgan fingerprint density at radius 1 is 1.44 bits per heavy atom. The molecule has 3 N–H and O–H groups in total. The lowest BCUT2D eigenvalue weighted by Gasteiger charge is -2.15. The van der Waals surface area contributed by atoms with E-state index in [0.29, 0.717) is 11.6 Å². The first-order valence-corrected chi connectivity index (χ1v) is 6.04. The van der Waals surface area contributed by atoms with E-state index in [-0.39, 0.29) is 11.8 Å². The number of benzene rings is 1. The Hall–Kier alpha value is -1.81. The first kappa shape index (κ1) is 12.6. The summed E-state index contributed by atoms with van der Waals surface area (Å²) in [4.78, 5) is 0. The van der Waals surface area contributed by atoms with Gasteiger partial charge in [-0.2, -0.15) is 5.10 Å². The first-order chi connectivity index (χ1) is 8.58. The number of hydrogen-bond acceptors (Lipinski definition) is 2. The van der Waals surface area contributed by atoms with E-state index in [4.69, 9.17) is 22.7 Å². The van der Waals surface area contributed by atoms with Gasteiger partial charge in [-0.3, -0.25) is 10.1 Å². The standard InChI is InChI=1S/C13H15ClN4/c1-9-12(14)8-18(17-9)7-11(13(15)16)10-5-3-2-4-6-10/h2-6,8,11H,7H2,1H3,(H3,15,16). The van der Waals surface area contributed by atoms with Crippen LogP contribution < -0.4 is 5.73 Å². The second-order valence-corrected chi connectivity index (χ2v) is 4.61. The number of halogens is 1. The van der Waals surface area contributed by atoms with Gasteiger partial charge in [0.1, 0.15) is 5.84 Å². The molecule has 1 heterocycles. The normalized spacial score (nSPS) is 12.3. The fourth-order valence-corrected chi connectivity index (χ4v) is 1.99. The lowest BCUT2D eigenvalue weighted by Crippen LogP contribution is -2.25. The molecule has 2 aromatic rings. The number of hydrogen-bond donors (Lipinski definition) is 2. The number of nitrogens with zero attached hydrogens (tertiary/aromatic N) is 2. The summed E-state index contributed by atoms with van der Waals surface area (Å²) in [5, 5.41) is 12.6. The Morgan fingerprint density at radius 2 is 2.11 bits per heavy atom. The third-order valence-electron chi connectivity index (χ3n) is 2.83. The van der Waals surface area contributed by atoms with Crippen molar-refractivity contribution in [2.24, 2.45) is 5.73 Å². The lowest BCUT2D eigenvalue weighted by molar-refractivity contribution is 0.581. The molecule has 2 rings (SSSR count). The molecule has 0 amide bonds. The number of nitrogens with one attached hydrogen (secondary N) is 1. The van der Waals surface area contributed by atoms with Gasteiger partial charge in [0.15, 0.2) is 0 Å². The molecule has 1 aromatic heterocycles. The minimum atomic E-state index is -0.179. The lowest BCUT2D eigenvalue weighted by atomic mass is 9.98. The van der Waals surface area contributed by atoms with Crippen LogP contribution in [-0.4, -0.2) is 15.6 Å². The van der Waals surface area contributed by atoms with Gasteiger partial charge < -0.3 is 5.73 Å². The molecular formula is C13H15ClN4. The monoisotopic (exact) mass is 262 g/mol. The highest BCUT2D eigenvalue weighted by Gasteiger charge is 2.16. The van der Waals surface area contributed by atoms with Crippen molar-refractivity contribution < 1.29 is 0 Å². The van der Waals surface area contributed by atoms with Gasteiger partial charge in [0.25, 0.3) is 0 Å². The molecule has 4 nitrogen and oxygen atoms in total. The average Bonchev–Trinajstić information content (AvgIpc) is 2.66. The van der Waals surface area contributed by atoms with E-state index in [0.717, 1.165) is 11.3 Å². The van der Waals surface area contributed by atoms with Crippen molar-refractivity contribution in [2.45, 2.75) is 19.4 Å². The van der Waals surface area contributed by atoms with E-state index in [1.807, 2.05) is 37.3 Å². The molecule has 5 heteroatoms. The van der Waals surface area contributed by atoms with Crippen molar-refractivity contribution in [3.8, 4) is 0 Å². The van der Waals surface area contributed by atoms with Crippen molar-refractivity contribution in [3.63, 3.8) is 0 Å². The molecular weight excluding hydrogens is 248 g/mol. The van der Waals surface area contributed by atoms with Gasteiger partial charge in [0.05, 0.1) is 23.2 Å². The molecule has 0 fully saturated rings. The molecule has 1 unspecified atom stereocenters. The third-order valence-corrected chi connectivity index (χ3v) is 3.20. The van der Waals surface area contributed by atoms with Crippen LogP contribution in [0.25, 0.3) is 0 Å². The number of aromatic nitrogens is 2. The zero-order valence-corrected chi connectivity index (χ0v) is 10.9. The Kier molecular flexibility index (Phi) is 3.67. The topological polar surface area (TPSA) is 67.7 Å². The van der Waals surface area contributed by atoms with E-state index in [9.17, 15) is 0 Å². The average molecular weight is 263 g/mol. The van der Waals surface area contributed by atoms with Crippen molar-refractivity contribution in [3.05, 3.63) is 52.8 Å². The van der Waals surface area contributed by atoms with Gasteiger partial charge >= 0.3 is 0 Å². The van der Waals surface area contributed by atoms with E-state index in [1.165, 1.54) is 0 Å². The van der Waals surface area contributed by atoms with Crippen molar-refractivity contribution in [1.29, 1.82) is 5.41 Å². The molecule has 0 spiro atoms. The summed E-state index contributed by atoms with van der Waals surface area (Å²) >= 11 is 5.97. The molecule has 0 saturated carbocycles. The summed E-state index contributed by atoms with van der Waals surface area (Å²) < 4.78 is 1.73. The first-order valence-electron chi connectivity index (χ1n) is 5.66. The Morgan fingerprint density at radius 3 is 2.61 bits per heavy atom. The Balaban J connectivity index is 2.25. The Bertz CT molecular complexity index is 528. The maximum Gasteiger partial charge on any atom is 0.100 e. The molecule has 0 aliphatic rings. The van der Waals surface area contributed by atoms with Gasteiger partial charge in [-0.1, -0.05) is 41.9 Å².